The summed E-state index contributed by atoms with van der Waals surface area (Å²) in [6.07, 6.45) is 8.53. The number of carbonyl (C=O) groups is 2. The zero-order valence-corrected chi connectivity index (χ0v) is 30.6. The second-order valence-electron chi connectivity index (χ2n) is 12.6. The largest absolute Gasteiger partial charge is 0.465 e. The predicted molar refractivity (Wildman–Crippen MR) is 201 cm³/mol. The fourth-order valence-electron chi connectivity index (χ4n) is 5.33. The molecule has 0 aliphatic carbocycles. The number of ether oxygens (including phenoxy) is 3. The Labute approximate surface area is 295 Å². The highest BCUT2D eigenvalue weighted by Crippen LogP contribution is 2.34. The van der Waals surface area contributed by atoms with Crippen LogP contribution in [-0.4, -0.2) is 54.9 Å². The Morgan fingerprint density at radius 3 is 2.22 bits per heavy atom. The molecule has 0 unspecified atom stereocenters. The van der Waals surface area contributed by atoms with E-state index in [-0.39, 0.29) is 12.1 Å². The van der Waals surface area contributed by atoms with Gasteiger partial charge < -0.3 is 19.1 Å². The normalized spacial score (nSPS) is 13.0. The molecule has 0 N–H and O–H groups in total. The molecule has 8 heteroatoms. The Morgan fingerprint density at radius 2 is 1.63 bits per heavy atom. The number of carbonyl (C=O) groups excluding carboxylic acids is 2. The van der Waals surface area contributed by atoms with Crippen LogP contribution in [0.25, 0.3) is 33.3 Å². The second-order valence-corrected chi connectivity index (χ2v) is 13.7. The molecule has 258 valence electrons. The summed E-state index contributed by atoms with van der Waals surface area (Å²) in [6, 6.07) is 24.3. The van der Waals surface area contributed by atoms with Crippen molar-refractivity contribution in [3.63, 3.8) is 0 Å². The van der Waals surface area contributed by atoms with E-state index in [1.165, 1.54) is 17.6 Å². The van der Waals surface area contributed by atoms with Crippen LogP contribution in [-0.2, 0) is 27.2 Å². The van der Waals surface area contributed by atoms with Crippen LogP contribution < -0.4 is 0 Å². The number of methoxy groups -OCH3 is 2. The number of nitrogens with zero attached hydrogens (tertiary/aromatic N) is 2. The molecular formula is C41H48N2O5S. The minimum atomic E-state index is -0.546. The highest BCUT2D eigenvalue weighted by atomic mass is 32.1. The lowest BCUT2D eigenvalue weighted by Gasteiger charge is -2.30. The van der Waals surface area contributed by atoms with Crippen molar-refractivity contribution >= 4 is 35.0 Å². The number of benzene rings is 3. The van der Waals surface area contributed by atoms with Gasteiger partial charge in [-0.3, -0.25) is 0 Å². The number of aryl methyl sites for hydroxylation is 1. The number of amides is 1. The Bertz CT molecular complexity index is 1750. The minimum absolute atomic E-state index is 0.329. The van der Waals surface area contributed by atoms with Crippen LogP contribution in [0.1, 0.15) is 79.5 Å². The molecule has 0 spiro atoms. The number of rotatable bonds is 9. The van der Waals surface area contributed by atoms with Gasteiger partial charge in [0.2, 0.25) is 0 Å². The predicted octanol–water partition coefficient (Wildman–Crippen LogP) is 10.1. The van der Waals surface area contributed by atoms with Crippen molar-refractivity contribution in [2.24, 2.45) is 0 Å². The first-order valence-electron chi connectivity index (χ1n) is 16.8. The Balaban J connectivity index is 0.000000520. The van der Waals surface area contributed by atoms with Crippen molar-refractivity contribution in [1.29, 1.82) is 0 Å². The van der Waals surface area contributed by atoms with E-state index >= 15 is 0 Å². The summed E-state index contributed by atoms with van der Waals surface area (Å²) in [6.45, 7) is 11.5. The van der Waals surface area contributed by atoms with E-state index in [0.717, 1.165) is 51.4 Å². The van der Waals surface area contributed by atoms with Crippen molar-refractivity contribution in [1.82, 2.24) is 9.88 Å². The fourth-order valence-corrected chi connectivity index (χ4v) is 6.42. The molecule has 49 heavy (non-hydrogen) atoms. The summed E-state index contributed by atoms with van der Waals surface area (Å²) in [5.74, 6) is -0.379. The average molecular weight is 681 g/mol. The van der Waals surface area contributed by atoms with Crippen molar-refractivity contribution in [2.75, 3.05) is 27.3 Å². The van der Waals surface area contributed by atoms with Gasteiger partial charge in [-0.15, -0.1) is 11.3 Å². The number of hydrogen-bond acceptors (Lipinski definition) is 7. The lowest BCUT2D eigenvalue weighted by Crippen LogP contribution is -2.39. The molecule has 7 nitrogen and oxygen atoms in total. The third-order valence-corrected chi connectivity index (χ3v) is 8.93. The van der Waals surface area contributed by atoms with Crippen molar-refractivity contribution in [2.45, 2.75) is 66.1 Å². The summed E-state index contributed by atoms with van der Waals surface area (Å²) >= 11 is 1.72. The van der Waals surface area contributed by atoms with Gasteiger partial charge in [-0.1, -0.05) is 86.7 Å². The molecule has 1 amide bonds. The van der Waals surface area contributed by atoms with Gasteiger partial charge in [-0.2, -0.15) is 0 Å². The van der Waals surface area contributed by atoms with Gasteiger partial charge in [0, 0.05) is 25.8 Å². The quantitative estimate of drug-likeness (QED) is 0.164. The molecule has 4 aromatic rings. The minimum Gasteiger partial charge on any atom is -0.465 e. The average Bonchev–Trinajstić information content (AvgIpc) is 3.53. The number of thiazole rings is 1. The van der Waals surface area contributed by atoms with Gasteiger partial charge in [0.1, 0.15) is 10.6 Å². The number of hydrogen-bond donors (Lipinski definition) is 0. The van der Waals surface area contributed by atoms with E-state index in [4.69, 9.17) is 19.2 Å². The van der Waals surface area contributed by atoms with Gasteiger partial charge in [0.15, 0.2) is 0 Å². The molecular weight excluding hydrogens is 633 g/mol. The molecule has 0 bridgehead atoms. The Hall–Kier alpha value is -4.53. The fraction of sp³-hybridized carbons (Fsp3) is 0.341. The second kappa shape index (κ2) is 17.7. The highest BCUT2D eigenvalue weighted by Gasteiger charge is 2.25. The van der Waals surface area contributed by atoms with Crippen LogP contribution in [0.3, 0.4) is 0 Å². The Kier molecular flexibility index (Phi) is 13.5. The molecule has 1 aromatic heterocycles. The van der Waals surface area contributed by atoms with Crippen LogP contribution >= 0.6 is 11.3 Å². The number of aromatic nitrogens is 1. The Morgan fingerprint density at radius 1 is 0.939 bits per heavy atom. The number of esters is 1. The lowest BCUT2D eigenvalue weighted by atomic mass is 9.91. The molecule has 1 aliphatic heterocycles. The number of allylic oxidation sites excluding steroid dienone is 1. The van der Waals surface area contributed by atoms with Crippen LogP contribution in [0.2, 0.25) is 0 Å². The maximum Gasteiger partial charge on any atom is 0.410 e. The third-order valence-electron chi connectivity index (χ3n) is 7.82. The standard InChI is InChI=1S/C33H38N2O4S.C8H10O/c1-7-9-10-29-28(8-2)34-30(40-29)24-13-11-22(12-14-24)25-15-16-26(31(36)38-6)27(21-25)23-17-19-35(20-18-23)32(37)39-33(3,4)5;1-9-7-8-5-3-2-4-6-8/h9-17,21H,7-8,18-20H2,1-6H3;2-6H,7H2,1H3/b10-9-;. The van der Waals surface area contributed by atoms with Gasteiger partial charge >= 0.3 is 12.1 Å². The molecule has 5 rings (SSSR count). The van der Waals surface area contributed by atoms with E-state index < -0.39 is 5.60 Å². The van der Waals surface area contributed by atoms with Crippen molar-refractivity contribution < 1.29 is 23.8 Å². The first-order valence-corrected chi connectivity index (χ1v) is 17.6. The summed E-state index contributed by atoms with van der Waals surface area (Å²) < 4.78 is 15.5. The van der Waals surface area contributed by atoms with E-state index in [1.54, 1.807) is 23.3 Å². The summed E-state index contributed by atoms with van der Waals surface area (Å²) in [4.78, 5) is 32.9. The molecule has 3 aromatic carbocycles. The molecule has 0 saturated carbocycles. The van der Waals surface area contributed by atoms with Gasteiger partial charge in [0.05, 0.1) is 29.9 Å². The van der Waals surface area contributed by atoms with E-state index in [2.05, 4.69) is 50.3 Å². The molecule has 0 atom stereocenters. The van der Waals surface area contributed by atoms with Gasteiger partial charge in [-0.25, -0.2) is 14.6 Å². The summed E-state index contributed by atoms with van der Waals surface area (Å²) in [5.41, 5.74) is 7.30. The first kappa shape index (κ1) is 37.3. The molecule has 0 radical (unpaired) electrons. The van der Waals surface area contributed by atoms with Crippen LogP contribution in [0.5, 0.6) is 0 Å². The molecule has 0 fully saturated rings. The molecule has 1 aliphatic rings. The highest BCUT2D eigenvalue weighted by molar-refractivity contribution is 7.16. The first-order chi connectivity index (χ1) is 23.6. The maximum absolute atomic E-state index is 12.6. The van der Waals surface area contributed by atoms with E-state index in [0.29, 0.717) is 31.7 Å². The van der Waals surface area contributed by atoms with Gasteiger partial charge in [-0.05, 0) is 86.1 Å². The van der Waals surface area contributed by atoms with Crippen LogP contribution in [0, 0.1) is 0 Å². The maximum atomic E-state index is 12.6. The van der Waals surface area contributed by atoms with Gasteiger partial charge in [0.25, 0.3) is 0 Å². The third kappa shape index (κ3) is 10.5. The monoisotopic (exact) mass is 680 g/mol. The van der Waals surface area contributed by atoms with Crippen LogP contribution in [0.15, 0.2) is 84.9 Å². The van der Waals surface area contributed by atoms with Crippen molar-refractivity contribution in [3.05, 3.63) is 112 Å². The smallest absolute Gasteiger partial charge is 0.410 e. The summed E-state index contributed by atoms with van der Waals surface area (Å²) in [5, 5.41) is 1.02. The SMILES string of the molecule is CC/C=C\c1sc(-c2ccc(-c3ccc(C(=O)OC)c(C4=CCN(C(=O)OC(C)(C)C)CC4)c3)cc2)nc1CC.COCc1ccccc1. The zero-order chi connectivity index (χ0) is 35.4. The van der Waals surface area contributed by atoms with E-state index in [1.807, 2.05) is 75.4 Å². The molecule has 0 saturated heterocycles. The zero-order valence-electron chi connectivity index (χ0n) is 29.7. The summed E-state index contributed by atoms with van der Waals surface area (Å²) in [7, 11) is 3.09. The van der Waals surface area contributed by atoms with Crippen LogP contribution in [0.4, 0.5) is 4.79 Å². The van der Waals surface area contributed by atoms with E-state index in [9.17, 15) is 9.59 Å². The topological polar surface area (TPSA) is 78.0 Å². The lowest BCUT2D eigenvalue weighted by molar-refractivity contribution is 0.0270. The molecule has 2 heterocycles. The van der Waals surface area contributed by atoms with Crippen molar-refractivity contribution in [3.8, 4) is 21.7 Å².